The first kappa shape index (κ1) is 24.5. The molecule has 5 rings (SSSR count). The summed E-state index contributed by atoms with van der Waals surface area (Å²) in [6, 6.07) is 9.67. The van der Waals surface area contributed by atoms with E-state index in [1.54, 1.807) is 16.7 Å². The minimum atomic E-state index is -4.35. The van der Waals surface area contributed by atoms with Crippen molar-refractivity contribution in [3.63, 3.8) is 0 Å². The van der Waals surface area contributed by atoms with Crippen LogP contribution in [0.25, 0.3) is 5.57 Å². The fourth-order valence-corrected chi connectivity index (χ4v) is 5.28. The van der Waals surface area contributed by atoms with Gasteiger partial charge in [-0.3, -0.25) is 14.4 Å². The van der Waals surface area contributed by atoms with Crippen LogP contribution in [-0.4, -0.2) is 75.3 Å². The molecule has 1 aromatic heterocycles. The number of hydrogen-bond donors (Lipinski definition) is 0. The molecule has 2 atom stereocenters. The lowest BCUT2D eigenvalue weighted by atomic mass is 9.77. The highest BCUT2D eigenvalue weighted by Gasteiger charge is 2.54. The van der Waals surface area contributed by atoms with E-state index in [0.29, 0.717) is 39.3 Å². The van der Waals surface area contributed by atoms with Gasteiger partial charge < -0.3 is 14.9 Å². The molecule has 0 spiro atoms. The Hall–Kier alpha value is -3.18. The van der Waals surface area contributed by atoms with Crippen molar-refractivity contribution in [2.45, 2.75) is 31.7 Å². The third kappa shape index (κ3) is 4.77. The van der Waals surface area contributed by atoms with Gasteiger partial charge in [0.2, 0.25) is 0 Å². The number of hydrogen-bond acceptors (Lipinski definition) is 6. The molecule has 1 saturated heterocycles. The van der Waals surface area contributed by atoms with Crippen molar-refractivity contribution in [1.29, 1.82) is 0 Å². The van der Waals surface area contributed by atoms with E-state index >= 15 is 0 Å². The van der Waals surface area contributed by atoms with E-state index in [-0.39, 0.29) is 24.8 Å². The van der Waals surface area contributed by atoms with Crippen LogP contribution in [0.4, 0.5) is 19.0 Å². The lowest BCUT2D eigenvalue weighted by molar-refractivity contribution is -0.389. The van der Waals surface area contributed by atoms with Crippen molar-refractivity contribution in [2.75, 3.05) is 39.3 Å². The van der Waals surface area contributed by atoms with Gasteiger partial charge in [0.1, 0.15) is 17.2 Å². The van der Waals surface area contributed by atoms with Gasteiger partial charge in [-0.25, -0.2) is 0 Å². The molecule has 36 heavy (non-hydrogen) atoms. The highest BCUT2D eigenvalue weighted by atomic mass is 19.4. The molecule has 1 aliphatic carbocycles. The summed E-state index contributed by atoms with van der Waals surface area (Å²) < 4.78 is 50.4. The first-order chi connectivity index (χ1) is 17.1. The summed E-state index contributed by atoms with van der Waals surface area (Å²) in [5.74, 6) is -0.248. The zero-order valence-electron chi connectivity index (χ0n) is 19.9. The summed E-state index contributed by atoms with van der Waals surface area (Å²) in [7, 11) is 0. The number of benzene rings is 1. The summed E-state index contributed by atoms with van der Waals surface area (Å²) in [6.45, 7) is 5.11. The molecule has 11 heteroatoms. The molecule has 0 bridgehead atoms. The number of allylic oxidation sites excluding steroid dienone is 3. The van der Waals surface area contributed by atoms with Crippen molar-refractivity contribution in [2.24, 2.45) is 5.41 Å². The number of alkyl halides is 3. The van der Waals surface area contributed by atoms with Gasteiger partial charge in [-0.05, 0) is 29.4 Å². The van der Waals surface area contributed by atoms with Gasteiger partial charge in [-0.2, -0.15) is 13.2 Å². The normalized spacial score (nSPS) is 26.9. The first-order valence-electron chi connectivity index (χ1n) is 11.9. The predicted octanol–water partition coefficient (Wildman–Crippen LogP) is 4.15. The molecule has 1 fully saturated rings. The van der Waals surface area contributed by atoms with Gasteiger partial charge in [0.15, 0.2) is 0 Å². The molecule has 1 aromatic carbocycles. The zero-order valence-corrected chi connectivity index (χ0v) is 19.9. The SMILES string of the molecule is C[C@]1(CN2CCN(CC3(C(F)(F)F)C=CC(c4ccccc4)=CC3)CC2)Cn2cc([N+](=O)[O-])nc2O1. The maximum atomic E-state index is 14.3. The van der Waals surface area contributed by atoms with Crippen LogP contribution in [0.15, 0.2) is 54.8 Å². The van der Waals surface area contributed by atoms with Crippen molar-refractivity contribution >= 4 is 11.4 Å². The van der Waals surface area contributed by atoms with E-state index < -0.39 is 22.1 Å². The molecule has 3 heterocycles. The number of aromatic nitrogens is 2. The molecule has 0 N–H and O–H groups in total. The molecule has 0 radical (unpaired) electrons. The maximum Gasteiger partial charge on any atom is 0.415 e. The van der Waals surface area contributed by atoms with Crippen LogP contribution in [0.1, 0.15) is 18.9 Å². The molecule has 0 amide bonds. The highest BCUT2D eigenvalue weighted by Crippen LogP contribution is 2.47. The number of halogens is 3. The smallest absolute Gasteiger partial charge is 0.415 e. The standard InChI is InChI=1S/C25H28F3N5O3/c1-23(17-32-15-21(33(34)35)29-22(32)36-23)16-30-11-13-31(14-12-30)18-24(25(26,27)28)9-7-20(8-10-24)19-5-3-2-4-6-19/h2-9,15H,10-14,16-18H2,1H3/t23-,24?/m0/s1. The topological polar surface area (TPSA) is 76.7 Å². The van der Waals surface area contributed by atoms with Crippen molar-refractivity contribution in [3.05, 3.63) is 70.4 Å². The summed E-state index contributed by atoms with van der Waals surface area (Å²) in [6.07, 6.45) is 1.58. The molecule has 2 aliphatic heterocycles. The van der Waals surface area contributed by atoms with E-state index in [0.717, 1.165) is 11.1 Å². The van der Waals surface area contributed by atoms with Crippen LogP contribution in [-0.2, 0) is 6.54 Å². The predicted molar refractivity (Wildman–Crippen MR) is 127 cm³/mol. The van der Waals surface area contributed by atoms with Gasteiger partial charge in [-0.1, -0.05) is 48.6 Å². The van der Waals surface area contributed by atoms with Gasteiger partial charge in [0, 0.05) is 44.3 Å². The van der Waals surface area contributed by atoms with Crippen LogP contribution in [0, 0.1) is 15.5 Å². The van der Waals surface area contributed by atoms with Crippen molar-refractivity contribution < 1.29 is 22.8 Å². The van der Waals surface area contributed by atoms with Crippen LogP contribution < -0.4 is 4.74 Å². The minimum Gasteiger partial charge on any atom is -0.436 e. The third-order valence-electron chi connectivity index (χ3n) is 7.23. The van der Waals surface area contributed by atoms with E-state index in [1.807, 2.05) is 42.2 Å². The molecule has 0 saturated carbocycles. The quantitative estimate of drug-likeness (QED) is 0.436. The average Bonchev–Trinajstić information content (AvgIpc) is 3.36. The Labute approximate surface area is 206 Å². The monoisotopic (exact) mass is 503 g/mol. The van der Waals surface area contributed by atoms with Gasteiger partial charge in [0.05, 0.1) is 6.54 Å². The van der Waals surface area contributed by atoms with Crippen LogP contribution in [0.2, 0.25) is 0 Å². The van der Waals surface area contributed by atoms with E-state index in [4.69, 9.17) is 4.74 Å². The summed E-state index contributed by atoms with van der Waals surface area (Å²) in [5.41, 5.74) is -0.775. The fraction of sp³-hybridized carbons (Fsp3) is 0.480. The van der Waals surface area contributed by atoms with E-state index in [2.05, 4.69) is 9.88 Å². The van der Waals surface area contributed by atoms with Crippen molar-refractivity contribution in [1.82, 2.24) is 19.4 Å². The Balaban J connectivity index is 1.18. The highest BCUT2D eigenvalue weighted by molar-refractivity contribution is 5.75. The third-order valence-corrected chi connectivity index (χ3v) is 7.23. The number of nitrogens with zero attached hydrogens (tertiary/aromatic N) is 5. The second-order valence-electron chi connectivity index (χ2n) is 10.1. The molecular weight excluding hydrogens is 475 g/mol. The first-order valence-corrected chi connectivity index (χ1v) is 11.9. The van der Waals surface area contributed by atoms with Gasteiger partial charge in [-0.15, -0.1) is 0 Å². The maximum absolute atomic E-state index is 14.3. The Bertz CT molecular complexity index is 1160. The van der Waals surface area contributed by atoms with Crippen LogP contribution in [0.3, 0.4) is 0 Å². The molecule has 2 aromatic rings. The molecule has 192 valence electrons. The number of rotatable bonds is 6. The lowest BCUT2D eigenvalue weighted by Crippen LogP contribution is -2.55. The summed E-state index contributed by atoms with van der Waals surface area (Å²) in [4.78, 5) is 18.3. The molecule has 1 unspecified atom stereocenters. The number of nitro groups is 1. The Kier molecular flexibility index (Phi) is 6.16. The molecule has 3 aliphatic rings. The Morgan fingerprint density at radius 3 is 2.33 bits per heavy atom. The Morgan fingerprint density at radius 1 is 1.11 bits per heavy atom. The van der Waals surface area contributed by atoms with Gasteiger partial charge >= 0.3 is 18.0 Å². The summed E-state index contributed by atoms with van der Waals surface area (Å²) >= 11 is 0. The van der Waals surface area contributed by atoms with Crippen molar-refractivity contribution in [3.8, 4) is 6.01 Å². The average molecular weight is 504 g/mol. The number of piperazine rings is 1. The lowest BCUT2D eigenvalue weighted by Gasteiger charge is -2.43. The van der Waals surface area contributed by atoms with Crippen LogP contribution in [0.5, 0.6) is 6.01 Å². The summed E-state index contributed by atoms with van der Waals surface area (Å²) in [5, 5.41) is 10.9. The van der Waals surface area contributed by atoms with E-state index in [1.165, 1.54) is 12.3 Å². The van der Waals surface area contributed by atoms with E-state index in [9.17, 15) is 23.3 Å². The number of fused-ring (bicyclic) bond motifs is 1. The number of ether oxygens (including phenoxy) is 1. The van der Waals surface area contributed by atoms with Crippen LogP contribution >= 0.6 is 0 Å². The fourth-order valence-electron chi connectivity index (χ4n) is 5.28. The molecule has 8 nitrogen and oxygen atoms in total. The zero-order chi connectivity index (χ0) is 25.6. The second-order valence-corrected chi connectivity index (χ2v) is 10.1. The van der Waals surface area contributed by atoms with Gasteiger partial charge in [0.25, 0.3) is 0 Å². The largest absolute Gasteiger partial charge is 0.436 e. The minimum absolute atomic E-state index is 0.0772. The Morgan fingerprint density at radius 2 is 1.78 bits per heavy atom. The second kappa shape index (κ2) is 9.04. The molecular formula is C25H28F3N5O3. The number of imidazole rings is 1.